The minimum Gasteiger partial charge on any atom is -0.456 e. The SMILES string of the molecule is CC(CC(=O)OCC(=O)N(C)C1(c2ccccc2Cl)CCCCC1=O)NC(=O)c1ccccc1. The molecule has 1 N–H and O–H groups in total. The Kier molecular flexibility index (Phi) is 8.45. The van der Waals surface area contributed by atoms with Crippen LogP contribution in [0.3, 0.4) is 0 Å². The second kappa shape index (κ2) is 11.3. The molecule has 7 nitrogen and oxygen atoms in total. The number of amides is 2. The van der Waals surface area contributed by atoms with Crippen molar-refractivity contribution in [3.05, 3.63) is 70.7 Å². The lowest BCUT2D eigenvalue weighted by Crippen LogP contribution is -2.55. The fourth-order valence-electron chi connectivity index (χ4n) is 4.34. The first-order valence-corrected chi connectivity index (χ1v) is 11.7. The predicted octanol–water partition coefficient (Wildman–Crippen LogP) is 3.89. The fourth-order valence-corrected chi connectivity index (χ4v) is 4.63. The predicted molar refractivity (Wildman–Crippen MR) is 128 cm³/mol. The molecule has 2 unspecified atom stereocenters. The standard InChI is InChI=1S/C26H29ClN2O5/c1-18(28-25(33)19-10-4-3-5-11-19)16-24(32)34-17-23(31)29(2)26(15-9-8-14-22(26)30)20-12-6-7-13-21(20)27/h3-7,10-13,18H,8-9,14-17H2,1-2H3,(H,28,33). The minimum absolute atomic E-state index is 0.0775. The summed E-state index contributed by atoms with van der Waals surface area (Å²) in [7, 11) is 1.55. The highest BCUT2D eigenvalue weighted by Gasteiger charge is 2.48. The summed E-state index contributed by atoms with van der Waals surface area (Å²) >= 11 is 6.42. The van der Waals surface area contributed by atoms with E-state index in [1.807, 2.05) is 6.07 Å². The van der Waals surface area contributed by atoms with Crippen LogP contribution in [0, 0.1) is 0 Å². The third kappa shape index (κ3) is 5.65. The first-order chi connectivity index (χ1) is 16.3. The lowest BCUT2D eigenvalue weighted by atomic mass is 9.74. The number of rotatable bonds is 8. The first kappa shape index (κ1) is 25.4. The van der Waals surface area contributed by atoms with Crippen molar-refractivity contribution < 1.29 is 23.9 Å². The number of carbonyl (C=O) groups excluding carboxylic acids is 4. The number of nitrogens with one attached hydrogen (secondary N) is 1. The number of hydrogen-bond acceptors (Lipinski definition) is 5. The van der Waals surface area contributed by atoms with Gasteiger partial charge in [-0.15, -0.1) is 0 Å². The molecule has 0 bridgehead atoms. The number of Topliss-reactive ketones (excluding diaryl/α,β-unsaturated/α-hetero) is 1. The lowest BCUT2D eigenvalue weighted by molar-refractivity contribution is -0.157. The third-order valence-corrected chi connectivity index (χ3v) is 6.49. The van der Waals surface area contributed by atoms with E-state index >= 15 is 0 Å². The molecule has 3 rings (SSSR count). The van der Waals surface area contributed by atoms with Crippen LogP contribution in [0.1, 0.15) is 54.9 Å². The molecule has 0 saturated heterocycles. The molecule has 0 spiro atoms. The zero-order chi connectivity index (χ0) is 24.7. The van der Waals surface area contributed by atoms with Crippen LogP contribution in [-0.2, 0) is 24.7 Å². The van der Waals surface area contributed by atoms with Crippen LogP contribution in [0.5, 0.6) is 0 Å². The molecule has 0 aromatic heterocycles. The summed E-state index contributed by atoms with van der Waals surface area (Å²) < 4.78 is 5.19. The van der Waals surface area contributed by atoms with Crippen molar-refractivity contribution in [2.45, 2.75) is 50.6 Å². The molecule has 1 aliphatic carbocycles. The average Bonchev–Trinajstić information content (AvgIpc) is 2.83. The number of nitrogens with zero attached hydrogens (tertiary/aromatic N) is 1. The molecule has 180 valence electrons. The van der Waals surface area contributed by atoms with Gasteiger partial charge in [0.2, 0.25) is 0 Å². The molecule has 8 heteroatoms. The Morgan fingerprint density at radius 2 is 1.76 bits per heavy atom. The number of ether oxygens (including phenoxy) is 1. The lowest BCUT2D eigenvalue weighted by Gasteiger charge is -2.43. The van der Waals surface area contributed by atoms with Gasteiger partial charge in [-0.3, -0.25) is 19.2 Å². The maximum atomic E-state index is 13.1. The van der Waals surface area contributed by atoms with Crippen LogP contribution < -0.4 is 5.32 Å². The number of likely N-dealkylation sites (N-methyl/N-ethyl adjacent to an activating group) is 1. The zero-order valence-corrected chi connectivity index (χ0v) is 20.1. The Bertz CT molecular complexity index is 1060. The molecule has 2 amide bonds. The second-order valence-corrected chi connectivity index (χ2v) is 8.94. The van der Waals surface area contributed by atoms with Crippen molar-refractivity contribution in [1.29, 1.82) is 0 Å². The highest BCUT2D eigenvalue weighted by molar-refractivity contribution is 6.31. The van der Waals surface area contributed by atoms with Gasteiger partial charge < -0.3 is 15.0 Å². The summed E-state index contributed by atoms with van der Waals surface area (Å²) in [5, 5.41) is 3.15. The Labute approximate surface area is 204 Å². The van der Waals surface area contributed by atoms with Crippen LogP contribution in [0.15, 0.2) is 54.6 Å². The summed E-state index contributed by atoms with van der Waals surface area (Å²) in [6, 6.07) is 15.2. The quantitative estimate of drug-likeness (QED) is 0.574. The highest BCUT2D eigenvalue weighted by atomic mass is 35.5. The van der Waals surface area contributed by atoms with E-state index in [2.05, 4.69) is 5.32 Å². The van der Waals surface area contributed by atoms with Gasteiger partial charge in [-0.1, -0.05) is 48.0 Å². The maximum Gasteiger partial charge on any atom is 0.308 e. The van der Waals surface area contributed by atoms with E-state index in [1.165, 1.54) is 4.90 Å². The normalized spacial score (nSPS) is 18.6. The van der Waals surface area contributed by atoms with Gasteiger partial charge in [-0.25, -0.2) is 0 Å². The summed E-state index contributed by atoms with van der Waals surface area (Å²) in [5.74, 6) is -1.49. The molecule has 1 aliphatic rings. The Hall–Kier alpha value is -3.19. The molecule has 1 fully saturated rings. The van der Waals surface area contributed by atoms with Crippen molar-refractivity contribution in [2.75, 3.05) is 13.7 Å². The number of ketones is 1. The summed E-state index contributed by atoms with van der Waals surface area (Å²) in [6.07, 6.45) is 2.24. The second-order valence-electron chi connectivity index (χ2n) is 8.53. The van der Waals surface area contributed by atoms with Gasteiger partial charge in [-0.2, -0.15) is 0 Å². The average molecular weight is 485 g/mol. The molecule has 1 saturated carbocycles. The zero-order valence-electron chi connectivity index (χ0n) is 19.4. The summed E-state index contributed by atoms with van der Waals surface area (Å²) in [5.41, 5.74) is -0.112. The molecular formula is C26H29ClN2O5. The molecule has 0 heterocycles. The van der Waals surface area contributed by atoms with E-state index < -0.39 is 30.1 Å². The molecule has 2 aromatic carbocycles. The van der Waals surface area contributed by atoms with E-state index in [0.717, 1.165) is 12.8 Å². The molecule has 34 heavy (non-hydrogen) atoms. The van der Waals surface area contributed by atoms with Crippen LogP contribution in [0.2, 0.25) is 5.02 Å². The van der Waals surface area contributed by atoms with E-state index in [1.54, 1.807) is 62.5 Å². The monoisotopic (exact) mass is 484 g/mol. The number of hydrogen-bond donors (Lipinski definition) is 1. The smallest absolute Gasteiger partial charge is 0.308 e. The number of halogens is 1. The molecular weight excluding hydrogens is 456 g/mol. The van der Waals surface area contributed by atoms with Crippen molar-refractivity contribution in [2.24, 2.45) is 0 Å². The number of benzene rings is 2. The summed E-state index contributed by atoms with van der Waals surface area (Å²) in [4.78, 5) is 52.0. The molecule has 2 atom stereocenters. The number of carbonyl (C=O) groups is 4. The van der Waals surface area contributed by atoms with E-state index in [4.69, 9.17) is 16.3 Å². The Balaban J connectivity index is 1.61. The summed E-state index contributed by atoms with van der Waals surface area (Å²) in [6.45, 7) is 1.18. The third-order valence-electron chi connectivity index (χ3n) is 6.16. The van der Waals surface area contributed by atoms with Gasteiger partial charge in [0.25, 0.3) is 11.8 Å². The first-order valence-electron chi connectivity index (χ1n) is 11.3. The molecule has 2 aromatic rings. The van der Waals surface area contributed by atoms with Crippen LogP contribution in [0.25, 0.3) is 0 Å². The van der Waals surface area contributed by atoms with Crippen LogP contribution in [-0.4, -0.2) is 48.2 Å². The van der Waals surface area contributed by atoms with Gasteiger partial charge in [0, 0.05) is 35.7 Å². The van der Waals surface area contributed by atoms with Gasteiger partial charge >= 0.3 is 5.97 Å². The Morgan fingerprint density at radius 1 is 1.09 bits per heavy atom. The van der Waals surface area contributed by atoms with E-state index in [9.17, 15) is 19.2 Å². The van der Waals surface area contributed by atoms with Crippen molar-refractivity contribution >= 4 is 35.2 Å². The Morgan fingerprint density at radius 3 is 2.44 bits per heavy atom. The van der Waals surface area contributed by atoms with Crippen molar-refractivity contribution in [1.82, 2.24) is 10.2 Å². The minimum atomic E-state index is -1.18. The van der Waals surface area contributed by atoms with Gasteiger partial charge in [-0.05, 0) is 44.4 Å². The van der Waals surface area contributed by atoms with Gasteiger partial charge in [0.05, 0.1) is 6.42 Å². The molecule has 0 radical (unpaired) electrons. The fraction of sp³-hybridized carbons (Fsp3) is 0.385. The van der Waals surface area contributed by atoms with Crippen molar-refractivity contribution in [3.8, 4) is 0 Å². The van der Waals surface area contributed by atoms with Gasteiger partial charge in [0.15, 0.2) is 12.4 Å². The van der Waals surface area contributed by atoms with Crippen LogP contribution in [0.4, 0.5) is 0 Å². The van der Waals surface area contributed by atoms with Crippen molar-refractivity contribution in [3.63, 3.8) is 0 Å². The van der Waals surface area contributed by atoms with E-state index in [0.29, 0.717) is 29.0 Å². The topological polar surface area (TPSA) is 92.8 Å². The largest absolute Gasteiger partial charge is 0.456 e. The van der Waals surface area contributed by atoms with Crippen LogP contribution >= 0.6 is 11.6 Å². The molecule has 0 aliphatic heterocycles. The maximum absolute atomic E-state index is 13.1. The highest BCUT2D eigenvalue weighted by Crippen LogP contribution is 2.42. The number of esters is 1. The van der Waals surface area contributed by atoms with E-state index in [-0.39, 0.29) is 18.1 Å². The van der Waals surface area contributed by atoms with Gasteiger partial charge in [0.1, 0.15) is 5.54 Å².